The molecular weight excluding hydrogens is 805 g/mol. The fourth-order valence-corrected chi connectivity index (χ4v) is 8.19. The number of hydrogen-bond donors (Lipinski definition) is 0. The molecule has 0 aliphatic heterocycles. The molecule has 66 heavy (non-hydrogen) atoms. The van der Waals surface area contributed by atoms with E-state index in [1.54, 1.807) is 0 Å². The first kappa shape index (κ1) is 39.8. The van der Waals surface area contributed by atoms with Gasteiger partial charge < -0.3 is 0 Å². The normalized spacial score (nSPS) is 11.0. The van der Waals surface area contributed by atoms with Gasteiger partial charge in [-0.2, -0.15) is 0 Å². The van der Waals surface area contributed by atoms with Crippen LogP contribution < -0.4 is 0 Å². The monoisotopic (exact) mass is 844 g/mol. The summed E-state index contributed by atoms with van der Waals surface area (Å²) in [7, 11) is 0. The molecule has 9 aromatic carbocycles. The summed E-state index contributed by atoms with van der Waals surface area (Å²) < 4.78 is 0. The summed E-state index contributed by atoms with van der Waals surface area (Å²) in [6, 6.07) is 83.2. The Morgan fingerprint density at radius 1 is 0.136 bits per heavy atom. The van der Waals surface area contributed by atoms with Gasteiger partial charge in [-0.1, -0.05) is 206 Å². The topological polar surface area (TPSA) is 77.3 Å². The number of hydrogen-bond acceptors (Lipinski definition) is 6. The highest BCUT2D eigenvalue weighted by Gasteiger charge is 2.17. The van der Waals surface area contributed by atoms with E-state index >= 15 is 0 Å². The Hall–Kier alpha value is -9.00. The molecule has 0 saturated carbocycles. The van der Waals surface area contributed by atoms with Gasteiger partial charge in [0.05, 0.1) is 0 Å². The maximum Gasteiger partial charge on any atom is 0.164 e. The zero-order chi connectivity index (χ0) is 44.1. The lowest BCUT2D eigenvalue weighted by Crippen LogP contribution is -2.00. The van der Waals surface area contributed by atoms with Crippen LogP contribution in [0.25, 0.3) is 113 Å². The zero-order valence-electron chi connectivity index (χ0n) is 35.8. The molecule has 0 aliphatic carbocycles. The van der Waals surface area contributed by atoms with Gasteiger partial charge in [0, 0.05) is 33.4 Å². The molecule has 0 fully saturated rings. The van der Waals surface area contributed by atoms with E-state index in [1.807, 2.05) is 103 Å². The lowest BCUT2D eigenvalue weighted by molar-refractivity contribution is 1.07. The molecule has 0 radical (unpaired) electrons. The Bertz CT molecular complexity index is 3400. The third kappa shape index (κ3) is 8.54. The minimum Gasteiger partial charge on any atom is -0.208 e. The van der Waals surface area contributed by atoms with E-state index in [9.17, 15) is 0 Å². The Morgan fingerprint density at radius 2 is 0.333 bits per heavy atom. The highest BCUT2D eigenvalue weighted by atomic mass is 15.0. The zero-order valence-corrected chi connectivity index (χ0v) is 35.8. The van der Waals surface area contributed by atoms with Gasteiger partial charge in [0.2, 0.25) is 0 Å². The van der Waals surface area contributed by atoms with Crippen molar-refractivity contribution < 1.29 is 0 Å². The third-order valence-electron chi connectivity index (χ3n) is 11.5. The van der Waals surface area contributed by atoms with E-state index in [0.717, 1.165) is 77.9 Å². The number of rotatable bonds is 10. The van der Waals surface area contributed by atoms with Gasteiger partial charge in [-0.3, -0.25) is 0 Å². The quantitative estimate of drug-likeness (QED) is 0.136. The molecule has 2 heterocycles. The number of benzene rings is 9. The summed E-state index contributed by atoms with van der Waals surface area (Å²) in [5, 5.41) is 0. The van der Waals surface area contributed by atoms with Crippen LogP contribution in [-0.4, -0.2) is 29.9 Å². The molecule has 6 nitrogen and oxygen atoms in total. The Labute approximate surface area is 383 Å². The van der Waals surface area contributed by atoms with Gasteiger partial charge in [-0.25, -0.2) is 29.9 Å². The van der Waals surface area contributed by atoms with E-state index in [4.69, 9.17) is 29.9 Å². The molecular formula is C60H40N6. The van der Waals surface area contributed by atoms with Gasteiger partial charge in [-0.05, 0) is 80.9 Å². The first-order valence-corrected chi connectivity index (χ1v) is 21.9. The molecule has 2 aromatic heterocycles. The summed E-state index contributed by atoms with van der Waals surface area (Å²) in [4.78, 5) is 30.4. The van der Waals surface area contributed by atoms with E-state index in [-0.39, 0.29) is 0 Å². The van der Waals surface area contributed by atoms with E-state index in [2.05, 4.69) is 140 Å². The van der Waals surface area contributed by atoms with Crippen molar-refractivity contribution in [1.82, 2.24) is 29.9 Å². The minimum absolute atomic E-state index is 0.592. The summed E-state index contributed by atoms with van der Waals surface area (Å²) >= 11 is 0. The Balaban J connectivity index is 1.02. The molecule has 0 amide bonds. The molecule has 11 aromatic rings. The third-order valence-corrected chi connectivity index (χ3v) is 11.5. The van der Waals surface area contributed by atoms with Crippen LogP contribution in [0.2, 0.25) is 0 Å². The largest absolute Gasteiger partial charge is 0.208 e. The van der Waals surface area contributed by atoms with Crippen molar-refractivity contribution in [3.05, 3.63) is 243 Å². The van der Waals surface area contributed by atoms with Crippen molar-refractivity contribution in [3.8, 4) is 113 Å². The second-order valence-electron chi connectivity index (χ2n) is 16.0. The van der Waals surface area contributed by atoms with Crippen molar-refractivity contribution in [2.75, 3.05) is 0 Å². The van der Waals surface area contributed by atoms with Crippen LogP contribution in [0, 0.1) is 0 Å². The predicted molar refractivity (Wildman–Crippen MR) is 268 cm³/mol. The first-order valence-electron chi connectivity index (χ1n) is 21.9. The maximum atomic E-state index is 5.22. The second kappa shape index (κ2) is 18.0. The molecule has 0 unspecified atom stereocenters. The van der Waals surface area contributed by atoms with Gasteiger partial charge >= 0.3 is 0 Å². The van der Waals surface area contributed by atoms with Gasteiger partial charge in [0.25, 0.3) is 0 Å². The average Bonchev–Trinajstić information content (AvgIpc) is 3.42. The predicted octanol–water partition coefficient (Wildman–Crippen LogP) is 14.7. The van der Waals surface area contributed by atoms with Gasteiger partial charge in [0.15, 0.2) is 34.9 Å². The Morgan fingerprint density at radius 3 is 0.712 bits per heavy atom. The number of nitrogens with zero attached hydrogens (tertiary/aromatic N) is 6. The van der Waals surface area contributed by atoms with Crippen molar-refractivity contribution in [3.63, 3.8) is 0 Å². The lowest BCUT2D eigenvalue weighted by atomic mass is 9.93. The van der Waals surface area contributed by atoms with E-state index in [1.165, 1.54) is 0 Å². The van der Waals surface area contributed by atoms with E-state index < -0.39 is 0 Å². The summed E-state index contributed by atoms with van der Waals surface area (Å²) in [5.41, 5.74) is 14.1. The van der Waals surface area contributed by atoms with E-state index in [0.29, 0.717) is 34.9 Å². The Kier molecular flexibility index (Phi) is 10.9. The smallest absolute Gasteiger partial charge is 0.164 e. The minimum atomic E-state index is 0.592. The molecule has 0 atom stereocenters. The molecule has 0 bridgehead atoms. The van der Waals surface area contributed by atoms with Crippen LogP contribution in [0.3, 0.4) is 0 Å². The SMILES string of the molecule is c1ccc(-c2cccc(-c3nc(-c4ccccc4)nc(-c4cc(-c5ccccc5)cc(-c5cccc(-c6cccc(-c7nc(-c8ccccc8)nc(-c8ccccc8)n7)c6)c5)c4)n3)c2)cc1. The fourth-order valence-electron chi connectivity index (χ4n) is 8.19. The summed E-state index contributed by atoms with van der Waals surface area (Å²) in [6.45, 7) is 0. The van der Waals surface area contributed by atoms with Crippen LogP contribution in [0.1, 0.15) is 0 Å². The highest BCUT2D eigenvalue weighted by Crippen LogP contribution is 2.36. The second-order valence-corrected chi connectivity index (χ2v) is 16.0. The van der Waals surface area contributed by atoms with Crippen molar-refractivity contribution in [2.24, 2.45) is 0 Å². The van der Waals surface area contributed by atoms with Crippen molar-refractivity contribution in [1.29, 1.82) is 0 Å². The molecule has 310 valence electrons. The lowest BCUT2D eigenvalue weighted by Gasteiger charge is -2.14. The molecule has 0 aliphatic rings. The van der Waals surface area contributed by atoms with Crippen LogP contribution >= 0.6 is 0 Å². The standard InChI is InChI=1S/C60H40N6/c1-6-19-41(20-7-1)46-29-17-33-50(36-46)59-64-57(45-27-14-5-15-28-45)65-60(66-59)54-39-52(42-21-8-2-9-22-42)38-53(40-54)49-32-16-30-47(35-49)48-31-18-34-51(37-48)58-62-55(43-23-10-3-11-24-43)61-56(63-58)44-25-12-4-13-26-44/h1-40H. The van der Waals surface area contributed by atoms with Crippen LogP contribution in [-0.2, 0) is 0 Å². The molecule has 0 saturated heterocycles. The van der Waals surface area contributed by atoms with Crippen molar-refractivity contribution in [2.45, 2.75) is 0 Å². The first-order chi connectivity index (χ1) is 32.7. The van der Waals surface area contributed by atoms with Gasteiger partial charge in [0.1, 0.15) is 0 Å². The van der Waals surface area contributed by atoms with Crippen LogP contribution in [0.4, 0.5) is 0 Å². The maximum absolute atomic E-state index is 5.22. The number of aromatic nitrogens is 6. The average molecular weight is 845 g/mol. The molecule has 6 heteroatoms. The molecule has 0 N–H and O–H groups in total. The van der Waals surface area contributed by atoms with Crippen molar-refractivity contribution >= 4 is 0 Å². The highest BCUT2D eigenvalue weighted by molar-refractivity contribution is 5.83. The summed E-state index contributed by atoms with van der Waals surface area (Å²) in [6.07, 6.45) is 0. The molecule has 0 spiro atoms. The van der Waals surface area contributed by atoms with Gasteiger partial charge in [-0.15, -0.1) is 0 Å². The summed E-state index contributed by atoms with van der Waals surface area (Å²) in [5.74, 6) is 3.67. The fraction of sp³-hybridized carbons (Fsp3) is 0. The van der Waals surface area contributed by atoms with Crippen LogP contribution in [0.15, 0.2) is 243 Å². The van der Waals surface area contributed by atoms with Crippen LogP contribution in [0.5, 0.6) is 0 Å². The molecule has 11 rings (SSSR count).